The van der Waals surface area contributed by atoms with Crippen LogP contribution in [0, 0.1) is 0 Å². The first-order valence-electron chi connectivity index (χ1n) is 7.53. The number of hydrogen-bond acceptors (Lipinski definition) is 3. The van der Waals surface area contributed by atoms with Crippen molar-refractivity contribution >= 4 is 0 Å². The van der Waals surface area contributed by atoms with Crippen LogP contribution < -0.4 is 5.32 Å². The third-order valence-corrected chi connectivity index (χ3v) is 4.15. The minimum absolute atomic E-state index is 0.0540. The molecule has 1 aliphatic heterocycles. The molecule has 0 bridgehead atoms. The van der Waals surface area contributed by atoms with Crippen LogP contribution in [0.3, 0.4) is 0 Å². The highest BCUT2D eigenvalue weighted by molar-refractivity contribution is 5.26. The summed E-state index contributed by atoms with van der Waals surface area (Å²) in [5.41, 5.74) is 0.0691. The van der Waals surface area contributed by atoms with E-state index in [9.17, 15) is 13.2 Å². The van der Waals surface area contributed by atoms with Gasteiger partial charge in [0.25, 0.3) is 0 Å². The van der Waals surface area contributed by atoms with Crippen LogP contribution in [0.2, 0.25) is 0 Å². The number of nitrogens with zero attached hydrogens (tertiary/aromatic N) is 3. The van der Waals surface area contributed by atoms with Crippen molar-refractivity contribution in [2.45, 2.75) is 18.8 Å². The molecule has 2 aromatic rings. The number of aromatic nitrogens is 2. The molecule has 0 amide bonds. The van der Waals surface area contributed by atoms with Crippen LogP contribution in [0.25, 0.3) is 0 Å². The first-order valence-corrected chi connectivity index (χ1v) is 7.53. The largest absolute Gasteiger partial charge is 0.416 e. The SMILES string of the molecule is Cn1ccnc1C1CNCCN1Cc1cccc(C(F)(F)F)c1. The smallest absolute Gasteiger partial charge is 0.337 e. The van der Waals surface area contributed by atoms with Crippen molar-refractivity contribution in [1.82, 2.24) is 19.8 Å². The lowest BCUT2D eigenvalue weighted by Crippen LogP contribution is -2.46. The molecule has 7 heteroatoms. The number of hydrogen-bond donors (Lipinski definition) is 1. The molecule has 3 rings (SSSR count). The van der Waals surface area contributed by atoms with Crippen molar-refractivity contribution < 1.29 is 13.2 Å². The molecule has 0 saturated carbocycles. The molecule has 1 aromatic heterocycles. The van der Waals surface area contributed by atoms with Gasteiger partial charge in [-0.25, -0.2) is 4.98 Å². The Kier molecular flexibility index (Phi) is 4.41. The summed E-state index contributed by atoms with van der Waals surface area (Å²) in [6, 6.07) is 5.61. The zero-order chi connectivity index (χ0) is 16.4. The molecule has 1 aromatic carbocycles. The van der Waals surface area contributed by atoms with Gasteiger partial charge in [0.2, 0.25) is 0 Å². The Hall–Kier alpha value is -1.86. The highest BCUT2D eigenvalue weighted by atomic mass is 19.4. The van der Waals surface area contributed by atoms with Gasteiger partial charge >= 0.3 is 6.18 Å². The van der Waals surface area contributed by atoms with Crippen molar-refractivity contribution in [3.63, 3.8) is 0 Å². The average molecular weight is 324 g/mol. The van der Waals surface area contributed by atoms with E-state index in [2.05, 4.69) is 15.2 Å². The number of nitrogens with one attached hydrogen (secondary N) is 1. The minimum Gasteiger partial charge on any atom is -0.337 e. The number of halogens is 3. The molecule has 1 aliphatic rings. The molecule has 1 unspecified atom stereocenters. The molecule has 124 valence electrons. The van der Waals surface area contributed by atoms with Gasteiger partial charge in [0.15, 0.2) is 0 Å². The molecule has 4 nitrogen and oxygen atoms in total. The molecule has 1 N–H and O–H groups in total. The third-order valence-electron chi connectivity index (χ3n) is 4.15. The van der Waals surface area contributed by atoms with Crippen molar-refractivity contribution in [2.24, 2.45) is 7.05 Å². The van der Waals surface area contributed by atoms with E-state index in [0.717, 1.165) is 31.5 Å². The van der Waals surface area contributed by atoms with Gasteiger partial charge in [0.1, 0.15) is 5.82 Å². The predicted octanol–water partition coefficient (Wildman–Crippen LogP) is 2.59. The summed E-state index contributed by atoms with van der Waals surface area (Å²) in [6.07, 6.45) is -0.683. The lowest BCUT2D eigenvalue weighted by atomic mass is 10.1. The Morgan fingerprint density at radius 1 is 1.35 bits per heavy atom. The normalized spacial score (nSPS) is 19.9. The summed E-state index contributed by atoms with van der Waals surface area (Å²) in [7, 11) is 1.93. The molecular weight excluding hydrogens is 305 g/mol. The number of piperazine rings is 1. The predicted molar refractivity (Wildman–Crippen MR) is 80.7 cm³/mol. The van der Waals surface area contributed by atoms with Crippen molar-refractivity contribution in [1.29, 1.82) is 0 Å². The fraction of sp³-hybridized carbons (Fsp3) is 0.438. The quantitative estimate of drug-likeness (QED) is 0.942. The molecule has 0 aliphatic carbocycles. The summed E-state index contributed by atoms with van der Waals surface area (Å²) in [6.45, 7) is 2.81. The molecule has 1 saturated heterocycles. The Morgan fingerprint density at radius 2 is 2.17 bits per heavy atom. The second-order valence-corrected chi connectivity index (χ2v) is 5.78. The van der Waals surface area contributed by atoms with Gasteiger partial charge in [0, 0.05) is 45.6 Å². The fourth-order valence-corrected chi connectivity index (χ4v) is 2.97. The maximum absolute atomic E-state index is 12.9. The summed E-state index contributed by atoms with van der Waals surface area (Å²) in [4.78, 5) is 6.56. The number of imidazole rings is 1. The van der Waals surface area contributed by atoms with E-state index in [1.54, 1.807) is 12.3 Å². The number of alkyl halides is 3. The third kappa shape index (κ3) is 3.56. The van der Waals surface area contributed by atoms with Crippen LogP contribution in [0.4, 0.5) is 13.2 Å². The average Bonchev–Trinajstić information content (AvgIpc) is 2.93. The van der Waals surface area contributed by atoms with Gasteiger partial charge in [-0.1, -0.05) is 18.2 Å². The van der Waals surface area contributed by atoms with Crippen molar-refractivity contribution in [3.05, 3.63) is 53.6 Å². The molecular formula is C16H19F3N4. The van der Waals surface area contributed by atoms with Crippen LogP contribution in [0.15, 0.2) is 36.7 Å². The summed E-state index contributed by atoms with van der Waals surface area (Å²) in [5.74, 6) is 0.921. The minimum atomic E-state index is -4.31. The Morgan fingerprint density at radius 3 is 2.87 bits per heavy atom. The van der Waals surface area contributed by atoms with Gasteiger partial charge in [0.05, 0.1) is 11.6 Å². The Bertz CT molecular complexity index is 665. The molecule has 0 spiro atoms. The van der Waals surface area contributed by atoms with Gasteiger partial charge in [-0.15, -0.1) is 0 Å². The summed E-state index contributed by atoms with van der Waals surface area (Å²) < 4.78 is 40.5. The first kappa shape index (κ1) is 16.0. The van der Waals surface area contributed by atoms with Gasteiger partial charge < -0.3 is 9.88 Å². The van der Waals surface area contributed by atoms with E-state index >= 15 is 0 Å². The van der Waals surface area contributed by atoms with Crippen LogP contribution in [-0.4, -0.2) is 34.1 Å². The van der Waals surface area contributed by atoms with Crippen molar-refractivity contribution in [2.75, 3.05) is 19.6 Å². The van der Waals surface area contributed by atoms with Crippen LogP contribution in [-0.2, 0) is 19.8 Å². The summed E-state index contributed by atoms with van der Waals surface area (Å²) >= 11 is 0. The van der Waals surface area contributed by atoms with Crippen LogP contribution in [0.1, 0.15) is 23.0 Å². The van der Waals surface area contributed by atoms with E-state index in [-0.39, 0.29) is 6.04 Å². The first-order chi connectivity index (χ1) is 10.9. The summed E-state index contributed by atoms with van der Waals surface area (Å²) in [5, 5.41) is 3.33. The second kappa shape index (κ2) is 6.33. The number of benzene rings is 1. The standard InChI is InChI=1S/C16H19F3N4/c1-22-7-6-21-15(22)14-10-20-5-8-23(14)11-12-3-2-4-13(9-12)16(17,18)19/h2-4,6-7,9,14,20H,5,8,10-11H2,1H3. The highest BCUT2D eigenvalue weighted by Gasteiger charge is 2.31. The van der Waals surface area contributed by atoms with Crippen molar-refractivity contribution in [3.8, 4) is 0 Å². The Labute approximate surface area is 132 Å². The van der Waals surface area contributed by atoms with E-state index in [0.29, 0.717) is 12.1 Å². The molecule has 2 heterocycles. The molecule has 23 heavy (non-hydrogen) atoms. The lowest BCUT2D eigenvalue weighted by Gasteiger charge is -2.35. The second-order valence-electron chi connectivity index (χ2n) is 5.78. The van der Waals surface area contributed by atoms with Gasteiger partial charge in [-0.3, -0.25) is 4.90 Å². The highest BCUT2D eigenvalue weighted by Crippen LogP contribution is 2.30. The maximum Gasteiger partial charge on any atom is 0.416 e. The fourth-order valence-electron chi connectivity index (χ4n) is 2.97. The van der Waals surface area contributed by atoms with E-state index < -0.39 is 11.7 Å². The monoisotopic (exact) mass is 324 g/mol. The molecule has 0 radical (unpaired) electrons. The number of aryl methyl sites for hydroxylation is 1. The van der Waals surface area contributed by atoms with E-state index in [1.807, 2.05) is 17.8 Å². The molecule has 1 fully saturated rings. The maximum atomic E-state index is 12.9. The van der Waals surface area contributed by atoms with E-state index in [1.165, 1.54) is 12.1 Å². The van der Waals surface area contributed by atoms with Crippen LogP contribution >= 0.6 is 0 Å². The van der Waals surface area contributed by atoms with Gasteiger partial charge in [-0.2, -0.15) is 13.2 Å². The lowest BCUT2D eigenvalue weighted by molar-refractivity contribution is -0.137. The topological polar surface area (TPSA) is 33.1 Å². The van der Waals surface area contributed by atoms with Crippen LogP contribution in [0.5, 0.6) is 0 Å². The zero-order valence-corrected chi connectivity index (χ0v) is 12.8. The Balaban J connectivity index is 1.81. The van der Waals surface area contributed by atoms with E-state index in [4.69, 9.17) is 0 Å². The number of rotatable bonds is 3. The molecule has 1 atom stereocenters. The zero-order valence-electron chi connectivity index (χ0n) is 12.8. The van der Waals surface area contributed by atoms with Gasteiger partial charge in [-0.05, 0) is 11.6 Å².